The minimum atomic E-state index is -4.14. The molecule has 1 aliphatic heterocycles. The molecule has 1 aromatic carbocycles. The predicted octanol–water partition coefficient (Wildman–Crippen LogP) is 3.17. The van der Waals surface area contributed by atoms with E-state index in [2.05, 4.69) is 9.71 Å². The number of methoxy groups -OCH3 is 1. The molecular formula is C17H15ClFN3O4S2. The van der Waals surface area contributed by atoms with Crippen molar-refractivity contribution < 1.29 is 22.3 Å². The molecule has 0 radical (unpaired) electrons. The Morgan fingerprint density at radius 1 is 1.39 bits per heavy atom. The number of carbonyl (C=O) groups is 1. The Morgan fingerprint density at radius 2 is 2.18 bits per heavy atom. The second-order valence-corrected chi connectivity index (χ2v) is 8.48. The third kappa shape index (κ3) is 4.41. The molecule has 2 aromatic rings. The highest BCUT2D eigenvalue weighted by atomic mass is 35.5. The summed E-state index contributed by atoms with van der Waals surface area (Å²) in [6.07, 6.45) is 1.39. The largest absolute Gasteiger partial charge is 0.383 e. The zero-order valence-corrected chi connectivity index (χ0v) is 16.9. The number of nitrogens with zero attached hydrogens (tertiary/aromatic N) is 2. The van der Waals surface area contributed by atoms with E-state index in [0.29, 0.717) is 10.6 Å². The van der Waals surface area contributed by atoms with E-state index in [1.165, 1.54) is 36.7 Å². The third-order valence-corrected chi connectivity index (χ3v) is 6.26. The molecule has 2 heterocycles. The number of carbonyl (C=O) groups excluding carboxylic acids is 1. The SMILES string of the molecule is COCCN1C(c2cccs2)=CC(C(=O)Nc2ccc(F)c(Cl)c2)=NS1(=O)=O. The minimum Gasteiger partial charge on any atom is -0.383 e. The topological polar surface area (TPSA) is 88.1 Å². The van der Waals surface area contributed by atoms with Crippen LogP contribution in [0.15, 0.2) is 46.2 Å². The van der Waals surface area contributed by atoms with Crippen LogP contribution in [0.1, 0.15) is 4.88 Å². The van der Waals surface area contributed by atoms with Gasteiger partial charge in [-0.2, -0.15) is 8.42 Å². The van der Waals surface area contributed by atoms with Gasteiger partial charge in [0.2, 0.25) is 0 Å². The maximum absolute atomic E-state index is 13.3. The van der Waals surface area contributed by atoms with Gasteiger partial charge in [0.15, 0.2) is 0 Å². The van der Waals surface area contributed by atoms with Gasteiger partial charge < -0.3 is 10.1 Å². The van der Waals surface area contributed by atoms with Crippen molar-refractivity contribution in [3.63, 3.8) is 0 Å². The van der Waals surface area contributed by atoms with E-state index in [1.807, 2.05) is 0 Å². The smallest absolute Gasteiger partial charge is 0.345 e. The van der Waals surface area contributed by atoms with Crippen LogP contribution in [0.2, 0.25) is 5.02 Å². The van der Waals surface area contributed by atoms with Gasteiger partial charge in [-0.1, -0.05) is 17.7 Å². The van der Waals surface area contributed by atoms with E-state index < -0.39 is 21.9 Å². The summed E-state index contributed by atoms with van der Waals surface area (Å²) in [5, 5.41) is 4.10. The molecule has 0 atom stereocenters. The molecule has 1 aromatic heterocycles. The van der Waals surface area contributed by atoms with Crippen molar-refractivity contribution in [3.05, 3.63) is 57.5 Å². The number of ether oxygens (including phenoxy) is 1. The Labute approximate surface area is 170 Å². The number of nitrogens with one attached hydrogen (secondary N) is 1. The molecule has 148 valence electrons. The summed E-state index contributed by atoms with van der Waals surface area (Å²) in [6.45, 7) is 0.210. The number of thiophene rings is 1. The highest BCUT2D eigenvalue weighted by Gasteiger charge is 2.32. The first-order chi connectivity index (χ1) is 13.3. The second-order valence-electron chi connectivity index (χ2n) is 5.61. The average molecular weight is 444 g/mol. The number of anilines is 1. The van der Waals surface area contributed by atoms with Gasteiger partial charge in [-0.25, -0.2) is 8.70 Å². The van der Waals surface area contributed by atoms with Crippen molar-refractivity contribution >= 4 is 56.2 Å². The van der Waals surface area contributed by atoms with E-state index in [0.717, 1.165) is 10.4 Å². The molecule has 0 unspecified atom stereocenters. The maximum atomic E-state index is 13.3. The lowest BCUT2D eigenvalue weighted by Gasteiger charge is -2.27. The van der Waals surface area contributed by atoms with Crippen molar-refractivity contribution in [2.24, 2.45) is 4.40 Å². The zero-order valence-electron chi connectivity index (χ0n) is 14.6. The van der Waals surface area contributed by atoms with Crippen LogP contribution in [0.3, 0.4) is 0 Å². The van der Waals surface area contributed by atoms with E-state index in [4.69, 9.17) is 16.3 Å². The Hall–Kier alpha value is -2.27. The molecule has 7 nitrogen and oxygen atoms in total. The van der Waals surface area contributed by atoms with E-state index in [-0.39, 0.29) is 29.6 Å². The lowest BCUT2D eigenvalue weighted by Crippen LogP contribution is -2.37. The van der Waals surface area contributed by atoms with Gasteiger partial charge in [-0.3, -0.25) is 4.79 Å². The molecule has 11 heteroatoms. The molecule has 1 N–H and O–H groups in total. The van der Waals surface area contributed by atoms with Crippen molar-refractivity contribution in [2.75, 3.05) is 25.6 Å². The Kier molecular flexibility index (Phi) is 6.14. The Balaban J connectivity index is 1.94. The van der Waals surface area contributed by atoms with Crippen LogP contribution in [0.4, 0.5) is 10.1 Å². The first-order valence-corrected chi connectivity index (χ1v) is 10.6. The highest BCUT2D eigenvalue weighted by Crippen LogP contribution is 2.30. The standard InChI is InChI=1S/C17H15ClFN3O4S2/c1-26-7-6-22-15(16-3-2-8-27-16)10-14(21-28(22,24)25)17(23)20-11-4-5-13(19)12(18)9-11/h2-5,8-10H,6-7H2,1H3,(H,20,23). The summed E-state index contributed by atoms with van der Waals surface area (Å²) in [4.78, 5) is 13.2. The van der Waals surface area contributed by atoms with Crippen LogP contribution in [0, 0.1) is 5.82 Å². The van der Waals surface area contributed by atoms with E-state index in [1.54, 1.807) is 17.5 Å². The van der Waals surface area contributed by atoms with Gasteiger partial charge in [-0.05, 0) is 35.7 Å². The van der Waals surface area contributed by atoms with Crippen LogP contribution in [-0.2, 0) is 19.7 Å². The molecule has 0 fully saturated rings. The lowest BCUT2D eigenvalue weighted by atomic mass is 10.2. The molecule has 1 amide bonds. The maximum Gasteiger partial charge on any atom is 0.345 e. The average Bonchev–Trinajstić information content (AvgIpc) is 3.17. The van der Waals surface area contributed by atoms with Gasteiger partial charge in [0.25, 0.3) is 5.91 Å². The van der Waals surface area contributed by atoms with Crippen LogP contribution in [0.5, 0.6) is 0 Å². The fourth-order valence-electron chi connectivity index (χ4n) is 2.43. The summed E-state index contributed by atoms with van der Waals surface area (Å²) < 4.78 is 48.3. The molecule has 0 saturated heterocycles. The fourth-order valence-corrected chi connectivity index (χ4v) is 4.61. The van der Waals surface area contributed by atoms with Gasteiger partial charge in [0, 0.05) is 12.8 Å². The number of halogens is 2. The molecular weight excluding hydrogens is 429 g/mol. The number of hydrogen-bond acceptors (Lipinski definition) is 5. The third-order valence-electron chi connectivity index (χ3n) is 3.72. The summed E-state index contributed by atoms with van der Waals surface area (Å²) in [7, 11) is -2.68. The molecule has 0 bridgehead atoms. The van der Waals surface area contributed by atoms with Crippen LogP contribution in [-0.4, -0.2) is 44.6 Å². The molecule has 0 saturated carbocycles. The summed E-state index contributed by atoms with van der Waals surface area (Å²) in [6, 6.07) is 7.14. The van der Waals surface area contributed by atoms with Crippen molar-refractivity contribution in [2.45, 2.75) is 0 Å². The summed E-state index contributed by atoms with van der Waals surface area (Å²) >= 11 is 7.03. The zero-order chi connectivity index (χ0) is 20.3. The monoisotopic (exact) mass is 443 g/mol. The van der Waals surface area contributed by atoms with Crippen LogP contribution in [0.25, 0.3) is 5.70 Å². The van der Waals surface area contributed by atoms with Gasteiger partial charge in [-0.15, -0.1) is 15.7 Å². The summed E-state index contributed by atoms with van der Waals surface area (Å²) in [5.41, 5.74) is 0.242. The molecule has 1 aliphatic rings. The molecule has 0 aliphatic carbocycles. The van der Waals surface area contributed by atoms with Crippen LogP contribution >= 0.6 is 22.9 Å². The number of amides is 1. The quantitative estimate of drug-likeness (QED) is 0.742. The molecule has 28 heavy (non-hydrogen) atoms. The van der Waals surface area contributed by atoms with Crippen LogP contribution < -0.4 is 5.32 Å². The minimum absolute atomic E-state index is 0.0501. The fraction of sp³-hybridized carbons (Fsp3) is 0.176. The number of hydrogen-bond donors (Lipinski definition) is 1. The van der Waals surface area contributed by atoms with Gasteiger partial charge in [0.1, 0.15) is 11.5 Å². The van der Waals surface area contributed by atoms with E-state index >= 15 is 0 Å². The first-order valence-electron chi connectivity index (χ1n) is 7.95. The lowest BCUT2D eigenvalue weighted by molar-refractivity contribution is -0.110. The second kappa shape index (κ2) is 8.39. The number of benzene rings is 1. The van der Waals surface area contributed by atoms with Crippen molar-refractivity contribution in [1.29, 1.82) is 0 Å². The predicted molar refractivity (Wildman–Crippen MR) is 107 cm³/mol. The normalized spacial score (nSPS) is 15.8. The Bertz CT molecular complexity index is 1050. The van der Waals surface area contributed by atoms with Crippen molar-refractivity contribution in [3.8, 4) is 0 Å². The summed E-state index contributed by atoms with van der Waals surface area (Å²) in [5.74, 6) is -1.39. The first kappa shape index (κ1) is 20.5. The van der Waals surface area contributed by atoms with Gasteiger partial charge in [0.05, 0.1) is 28.7 Å². The van der Waals surface area contributed by atoms with Gasteiger partial charge >= 0.3 is 10.2 Å². The highest BCUT2D eigenvalue weighted by molar-refractivity contribution is 7.88. The van der Waals surface area contributed by atoms with E-state index in [9.17, 15) is 17.6 Å². The van der Waals surface area contributed by atoms with Crippen molar-refractivity contribution in [1.82, 2.24) is 4.31 Å². The molecule has 3 rings (SSSR count). The molecule has 0 spiro atoms. The number of rotatable bonds is 6. The Morgan fingerprint density at radius 3 is 2.82 bits per heavy atom.